The minimum Gasteiger partial charge on any atom is -0.504 e. The summed E-state index contributed by atoms with van der Waals surface area (Å²) < 4.78 is 18.9. The number of para-hydroxylation sites is 1. The summed E-state index contributed by atoms with van der Waals surface area (Å²) in [6, 6.07) is 15.9. The molecule has 4 rings (SSSR count). The van der Waals surface area contributed by atoms with Gasteiger partial charge in [0.2, 0.25) is 0 Å². The Balaban J connectivity index is 1.78. The third kappa shape index (κ3) is 3.71. The van der Waals surface area contributed by atoms with E-state index in [9.17, 15) is 5.11 Å². The van der Waals surface area contributed by atoms with Gasteiger partial charge in [-0.3, -0.25) is 4.90 Å². The third-order valence-corrected chi connectivity index (χ3v) is 5.71. The van der Waals surface area contributed by atoms with E-state index in [-0.39, 0.29) is 11.8 Å². The smallest absolute Gasteiger partial charge is 0.165 e. The van der Waals surface area contributed by atoms with Crippen LogP contribution >= 0.6 is 0 Å². The molecule has 1 aromatic heterocycles. The number of aromatic hydroxyl groups is 1. The van der Waals surface area contributed by atoms with Gasteiger partial charge in [0.25, 0.3) is 0 Å². The largest absolute Gasteiger partial charge is 0.504 e. The highest BCUT2D eigenvalue weighted by molar-refractivity contribution is 5.50. The van der Waals surface area contributed by atoms with Gasteiger partial charge in [-0.2, -0.15) is 0 Å². The standard InChI is InChI=1S/C24H28N2O4/c1-28-21-11-10-17(15-20(21)27)16-26-14-6-13-25-12-5-8-19(25)23(26)18-7-4-9-22(29-2)24(18)30-3/h4-5,7-12,15,23,27H,6,13-14,16H2,1-3H3. The van der Waals surface area contributed by atoms with E-state index in [1.807, 2.05) is 24.3 Å². The maximum absolute atomic E-state index is 10.3. The zero-order valence-electron chi connectivity index (χ0n) is 17.7. The number of hydrogen-bond acceptors (Lipinski definition) is 5. The van der Waals surface area contributed by atoms with Crippen molar-refractivity contribution < 1.29 is 19.3 Å². The fourth-order valence-electron chi connectivity index (χ4n) is 4.36. The summed E-state index contributed by atoms with van der Waals surface area (Å²) in [6.07, 6.45) is 3.17. The highest BCUT2D eigenvalue weighted by Crippen LogP contribution is 2.42. The minimum absolute atomic E-state index is 0.00297. The highest BCUT2D eigenvalue weighted by atomic mass is 16.5. The van der Waals surface area contributed by atoms with Crippen molar-refractivity contribution in [3.05, 3.63) is 71.5 Å². The first kappa shape index (κ1) is 20.2. The molecule has 0 amide bonds. The first-order chi connectivity index (χ1) is 14.7. The molecule has 2 heterocycles. The molecule has 6 nitrogen and oxygen atoms in total. The predicted octanol–water partition coefficient (Wildman–Crippen LogP) is 4.21. The van der Waals surface area contributed by atoms with Crippen molar-refractivity contribution in [1.29, 1.82) is 0 Å². The second-order valence-electron chi connectivity index (χ2n) is 7.44. The van der Waals surface area contributed by atoms with Gasteiger partial charge < -0.3 is 23.9 Å². The Labute approximate surface area is 177 Å². The molecule has 0 spiro atoms. The average Bonchev–Trinajstić information content (AvgIpc) is 3.15. The van der Waals surface area contributed by atoms with Crippen LogP contribution in [-0.4, -0.2) is 42.4 Å². The molecule has 0 saturated heterocycles. The second kappa shape index (κ2) is 8.71. The van der Waals surface area contributed by atoms with Crippen LogP contribution < -0.4 is 14.2 Å². The number of phenols is 1. The minimum atomic E-state index is -0.00297. The molecule has 1 N–H and O–H groups in total. The number of phenolic OH excluding ortho intramolecular Hbond substituents is 1. The van der Waals surface area contributed by atoms with Gasteiger partial charge in [-0.05, 0) is 42.3 Å². The molecule has 0 aliphatic carbocycles. The number of methoxy groups -OCH3 is 3. The predicted molar refractivity (Wildman–Crippen MR) is 116 cm³/mol. The Morgan fingerprint density at radius 2 is 1.77 bits per heavy atom. The van der Waals surface area contributed by atoms with Crippen LogP contribution in [0, 0.1) is 0 Å². The zero-order chi connectivity index (χ0) is 21.1. The van der Waals surface area contributed by atoms with Gasteiger partial charge in [-0.25, -0.2) is 0 Å². The molecule has 0 bridgehead atoms. The van der Waals surface area contributed by atoms with Crippen LogP contribution in [0.15, 0.2) is 54.7 Å². The van der Waals surface area contributed by atoms with E-state index in [1.165, 1.54) is 5.69 Å². The van der Waals surface area contributed by atoms with Crippen LogP contribution in [-0.2, 0) is 13.1 Å². The molecule has 3 aromatic rings. The first-order valence-corrected chi connectivity index (χ1v) is 10.1. The number of aryl methyl sites for hydroxylation is 1. The van der Waals surface area contributed by atoms with Gasteiger partial charge in [0.1, 0.15) is 0 Å². The summed E-state index contributed by atoms with van der Waals surface area (Å²) in [4.78, 5) is 2.43. The number of aromatic nitrogens is 1. The molecule has 1 atom stereocenters. The van der Waals surface area contributed by atoms with E-state index in [4.69, 9.17) is 14.2 Å². The molecule has 158 valence electrons. The quantitative estimate of drug-likeness (QED) is 0.662. The molecular weight excluding hydrogens is 380 g/mol. The van der Waals surface area contributed by atoms with E-state index >= 15 is 0 Å². The summed E-state index contributed by atoms with van der Waals surface area (Å²) in [6.45, 7) is 2.57. The topological polar surface area (TPSA) is 56.1 Å². The van der Waals surface area contributed by atoms with Crippen molar-refractivity contribution in [2.75, 3.05) is 27.9 Å². The summed E-state index contributed by atoms with van der Waals surface area (Å²) >= 11 is 0. The van der Waals surface area contributed by atoms with E-state index in [0.717, 1.165) is 42.1 Å². The lowest BCUT2D eigenvalue weighted by Crippen LogP contribution is -2.29. The van der Waals surface area contributed by atoms with Crippen molar-refractivity contribution in [3.8, 4) is 23.0 Å². The summed E-state index contributed by atoms with van der Waals surface area (Å²) in [5.74, 6) is 2.11. The second-order valence-corrected chi connectivity index (χ2v) is 7.44. The molecule has 1 aliphatic heterocycles. The number of rotatable bonds is 6. The van der Waals surface area contributed by atoms with Crippen molar-refractivity contribution >= 4 is 0 Å². The van der Waals surface area contributed by atoms with Crippen molar-refractivity contribution in [2.24, 2.45) is 0 Å². The Kier molecular flexibility index (Phi) is 5.86. The number of ether oxygens (including phenoxy) is 3. The summed E-state index contributed by atoms with van der Waals surface area (Å²) in [5, 5.41) is 10.3. The molecule has 0 saturated carbocycles. The van der Waals surface area contributed by atoms with Gasteiger partial charge >= 0.3 is 0 Å². The Morgan fingerprint density at radius 1 is 0.933 bits per heavy atom. The Morgan fingerprint density at radius 3 is 2.50 bits per heavy atom. The maximum Gasteiger partial charge on any atom is 0.165 e. The number of nitrogens with zero attached hydrogens (tertiary/aromatic N) is 2. The molecule has 6 heteroatoms. The SMILES string of the molecule is COc1ccc(CN2CCCn3cccc3C2c2cccc(OC)c2OC)cc1O. The third-order valence-electron chi connectivity index (χ3n) is 5.71. The lowest BCUT2D eigenvalue weighted by Gasteiger charge is -2.32. The molecule has 0 fully saturated rings. The molecule has 1 aliphatic rings. The van der Waals surface area contributed by atoms with Crippen LogP contribution in [0.1, 0.15) is 29.3 Å². The monoisotopic (exact) mass is 408 g/mol. The lowest BCUT2D eigenvalue weighted by molar-refractivity contribution is 0.215. The van der Waals surface area contributed by atoms with Gasteiger partial charge in [0.05, 0.1) is 27.4 Å². The number of fused-ring (bicyclic) bond motifs is 1. The van der Waals surface area contributed by atoms with Crippen LogP contribution in [0.2, 0.25) is 0 Å². The average molecular weight is 408 g/mol. The molecular formula is C24H28N2O4. The molecule has 0 radical (unpaired) electrons. The Hall–Kier alpha value is -3.12. The van der Waals surface area contributed by atoms with Crippen LogP contribution in [0.4, 0.5) is 0 Å². The summed E-state index contributed by atoms with van der Waals surface area (Å²) in [5.41, 5.74) is 3.31. The fraction of sp³-hybridized carbons (Fsp3) is 0.333. The zero-order valence-corrected chi connectivity index (χ0v) is 17.7. The molecule has 1 unspecified atom stereocenters. The van der Waals surface area contributed by atoms with Gasteiger partial charge in [0, 0.05) is 37.1 Å². The highest BCUT2D eigenvalue weighted by Gasteiger charge is 2.30. The number of hydrogen-bond donors (Lipinski definition) is 1. The lowest BCUT2D eigenvalue weighted by atomic mass is 9.99. The Bertz CT molecular complexity index is 1010. The maximum atomic E-state index is 10.3. The van der Waals surface area contributed by atoms with Gasteiger partial charge in [-0.1, -0.05) is 18.2 Å². The van der Waals surface area contributed by atoms with E-state index in [2.05, 4.69) is 33.9 Å². The van der Waals surface area contributed by atoms with E-state index in [1.54, 1.807) is 27.4 Å². The van der Waals surface area contributed by atoms with E-state index < -0.39 is 0 Å². The molecule has 30 heavy (non-hydrogen) atoms. The first-order valence-electron chi connectivity index (χ1n) is 10.1. The van der Waals surface area contributed by atoms with Crippen molar-refractivity contribution in [2.45, 2.75) is 25.6 Å². The fourth-order valence-corrected chi connectivity index (χ4v) is 4.36. The van der Waals surface area contributed by atoms with Crippen molar-refractivity contribution in [1.82, 2.24) is 9.47 Å². The van der Waals surface area contributed by atoms with Gasteiger partial charge in [-0.15, -0.1) is 0 Å². The van der Waals surface area contributed by atoms with E-state index in [0.29, 0.717) is 12.3 Å². The van der Waals surface area contributed by atoms with Crippen LogP contribution in [0.25, 0.3) is 0 Å². The van der Waals surface area contributed by atoms with Crippen molar-refractivity contribution in [3.63, 3.8) is 0 Å². The van der Waals surface area contributed by atoms with Crippen LogP contribution in [0.5, 0.6) is 23.0 Å². The summed E-state index contributed by atoms with van der Waals surface area (Å²) in [7, 11) is 4.90. The molecule has 2 aromatic carbocycles. The van der Waals surface area contributed by atoms with Gasteiger partial charge in [0.15, 0.2) is 23.0 Å². The normalized spacial score (nSPS) is 16.6. The van der Waals surface area contributed by atoms with Crippen LogP contribution in [0.3, 0.4) is 0 Å². The number of benzene rings is 2.